The van der Waals surface area contributed by atoms with Crippen LogP contribution in [0.3, 0.4) is 0 Å². The molecule has 0 aliphatic carbocycles. The number of anilines is 1. The van der Waals surface area contributed by atoms with Gasteiger partial charge in [-0.2, -0.15) is 0 Å². The molecule has 1 aromatic rings. The van der Waals surface area contributed by atoms with E-state index in [4.69, 9.17) is 4.74 Å². The van der Waals surface area contributed by atoms with Crippen molar-refractivity contribution in [2.75, 3.05) is 44.3 Å². The molecule has 0 saturated carbocycles. The molecular formula is C19H28N4O2. The van der Waals surface area contributed by atoms with Crippen molar-refractivity contribution in [2.45, 2.75) is 44.4 Å². The lowest BCUT2D eigenvalue weighted by atomic mass is 9.94. The Kier molecular flexibility index (Phi) is 5.15. The summed E-state index contributed by atoms with van der Waals surface area (Å²) in [5, 5.41) is 0. The zero-order chi connectivity index (χ0) is 17.1. The summed E-state index contributed by atoms with van der Waals surface area (Å²) in [6.45, 7) is 5.32. The van der Waals surface area contributed by atoms with Gasteiger partial charge in [-0.15, -0.1) is 0 Å². The number of likely N-dealkylation sites (tertiary alicyclic amines) is 1. The molecule has 25 heavy (non-hydrogen) atoms. The number of rotatable bonds is 3. The number of hydrogen-bond acceptors (Lipinski definition) is 5. The first-order valence-corrected chi connectivity index (χ1v) is 9.74. The van der Waals surface area contributed by atoms with Crippen LogP contribution in [-0.2, 0) is 9.53 Å². The molecular weight excluding hydrogens is 316 g/mol. The fourth-order valence-electron chi connectivity index (χ4n) is 4.25. The van der Waals surface area contributed by atoms with Crippen molar-refractivity contribution < 1.29 is 9.53 Å². The fourth-order valence-corrected chi connectivity index (χ4v) is 4.25. The van der Waals surface area contributed by atoms with Crippen LogP contribution < -0.4 is 4.90 Å². The lowest BCUT2D eigenvalue weighted by Crippen LogP contribution is -2.44. The molecule has 3 fully saturated rings. The quantitative estimate of drug-likeness (QED) is 0.841. The zero-order valence-electron chi connectivity index (χ0n) is 14.9. The highest BCUT2D eigenvalue weighted by Gasteiger charge is 2.30. The van der Waals surface area contributed by atoms with E-state index < -0.39 is 0 Å². The number of amides is 1. The first-order valence-electron chi connectivity index (χ1n) is 9.74. The van der Waals surface area contributed by atoms with Crippen molar-refractivity contribution in [3.05, 3.63) is 18.1 Å². The van der Waals surface area contributed by atoms with Crippen LogP contribution in [-0.4, -0.2) is 60.2 Å². The SMILES string of the molecule is O=C(C1CCN(c2cc([C@@H]3CCOC3)ncn2)CC1)N1CCCCC1. The Bertz CT molecular complexity index is 589. The molecule has 1 amide bonds. The largest absolute Gasteiger partial charge is 0.381 e. The van der Waals surface area contributed by atoms with Gasteiger partial charge in [-0.1, -0.05) is 0 Å². The molecule has 1 aromatic heterocycles. The third kappa shape index (κ3) is 3.78. The van der Waals surface area contributed by atoms with E-state index in [-0.39, 0.29) is 5.92 Å². The molecule has 3 aliphatic heterocycles. The number of aromatic nitrogens is 2. The molecule has 4 rings (SSSR count). The highest BCUT2D eigenvalue weighted by molar-refractivity contribution is 5.79. The molecule has 0 N–H and O–H groups in total. The average molecular weight is 344 g/mol. The molecule has 136 valence electrons. The third-order valence-electron chi connectivity index (χ3n) is 5.86. The monoisotopic (exact) mass is 344 g/mol. The molecule has 0 radical (unpaired) electrons. The summed E-state index contributed by atoms with van der Waals surface area (Å²) in [5.74, 6) is 1.98. The topological polar surface area (TPSA) is 58.6 Å². The van der Waals surface area contributed by atoms with E-state index in [0.29, 0.717) is 11.8 Å². The van der Waals surface area contributed by atoms with Crippen LogP contribution in [0, 0.1) is 5.92 Å². The maximum atomic E-state index is 12.7. The van der Waals surface area contributed by atoms with Crippen LogP contribution in [0.5, 0.6) is 0 Å². The van der Waals surface area contributed by atoms with Crippen LogP contribution in [0.15, 0.2) is 12.4 Å². The first-order chi connectivity index (χ1) is 12.3. The van der Waals surface area contributed by atoms with Crippen LogP contribution >= 0.6 is 0 Å². The number of carbonyl (C=O) groups excluding carboxylic acids is 1. The Hall–Kier alpha value is -1.69. The van der Waals surface area contributed by atoms with Crippen molar-refractivity contribution in [3.63, 3.8) is 0 Å². The summed E-state index contributed by atoms with van der Waals surface area (Å²) >= 11 is 0. The van der Waals surface area contributed by atoms with E-state index in [9.17, 15) is 4.79 Å². The second-order valence-electron chi connectivity index (χ2n) is 7.51. The third-order valence-corrected chi connectivity index (χ3v) is 5.86. The van der Waals surface area contributed by atoms with Gasteiger partial charge in [-0.25, -0.2) is 9.97 Å². The summed E-state index contributed by atoms with van der Waals surface area (Å²) < 4.78 is 5.48. The number of carbonyl (C=O) groups is 1. The van der Waals surface area contributed by atoms with Gasteiger partial charge in [-0.05, 0) is 38.5 Å². The van der Waals surface area contributed by atoms with E-state index in [2.05, 4.69) is 25.8 Å². The molecule has 1 atom stereocenters. The lowest BCUT2D eigenvalue weighted by molar-refractivity contribution is -0.137. The predicted molar refractivity (Wildman–Crippen MR) is 95.6 cm³/mol. The van der Waals surface area contributed by atoms with Gasteiger partial charge in [0.15, 0.2) is 0 Å². The Morgan fingerprint density at radius 3 is 2.56 bits per heavy atom. The van der Waals surface area contributed by atoms with Crippen LogP contribution in [0.2, 0.25) is 0 Å². The normalized spacial score (nSPS) is 25.4. The molecule has 0 bridgehead atoms. The number of piperidine rings is 2. The maximum Gasteiger partial charge on any atom is 0.225 e. The van der Waals surface area contributed by atoms with Gasteiger partial charge >= 0.3 is 0 Å². The Morgan fingerprint density at radius 1 is 1.04 bits per heavy atom. The number of hydrogen-bond donors (Lipinski definition) is 0. The van der Waals surface area contributed by atoms with Crippen molar-refractivity contribution >= 4 is 11.7 Å². The summed E-state index contributed by atoms with van der Waals surface area (Å²) in [6, 6.07) is 2.12. The second-order valence-corrected chi connectivity index (χ2v) is 7.51. The van der Waals surface area contributed by atoms with Crippen molar-refractivity contribution in [1.29, 1.82) is 0 Å². The smallest absolute Gasteiger partial charge is 0.225 e. The summed E-state index contributed by atoms with van der Waals surface area (Å²) in [6.07, 6.45) is 8.18. The van der Waals surface area contributed by atoms with Crippen molar-refractivity contribution in [3.8, 4) is 0 Å². The molecule has 0 unspecified atom stereocenters. The highest BCUT2D eigenvalue weighted by atomic mass is 16.5. The van der Waals surface area contributed by atoms with Gasteiger partial charge in [0.05, 0.1) is 12.3 Å². The van der Waals surface area contributed by atoms with E-state index >= 15 is 0 Å². The molecule has 0 aromatic carbocycles. The molecule has 3 saturated heterocycles. The Balaban J connectivity index is 1.35. The second kappa shape index (κ2) is 7.68. The fraction of sp³-hybridized carbons (Fsp3) is 0.737. The molecule has 6 heteroatoms. The van der Waals surface area contributed by atoms with E-state index in [1.165, 1.54) is 19.3 Å². The standard InChI is InChI=1S/C19H28N4O2/c24-19(23-7-2-1-3-8-23)15-4-9-22(10-5-15)18-12-17(20-14-21-18)16-6-11-25-13-16/h12,14-16H,1-11,13H2/t16-/m1/s1. The molecule has 0 spiro atoms. The van der Waals surface area contributed by atoms with Crippen LogP contribution in [0.25, 0.3) is 0 Å². The van der Waals surface area contributed by atoms with Crippen LogP contribution in [0.4, 0.5) is 5.82 Å². The Labute approximate surface area is 149 Å². The van der Waals surface area contributed by atoms with Gasteiger partial charge in [0.1, 0.15) is 12.1 Å². The average Bonchev–Trinajstić information content (AvgIpc) is 3.23. The summed E-state index contributed by atoms with van der Waals surface area (Å²) in [4.78, 5) is 26.0. The maximum absolute atomic E-state index is 12.7. The van der Waals surface area contributed by atoms with Crippen molar-refractivity contribution in [2.24, 2.45) is 5.92 Å². The minimum Gasteiger partial charge on any atom is -0.381 e. The highest BCUT2D eigenvalue weighted by Crippen LogP contribution is 2.28. The predicted octanol–water partition coefficient (Wildman–Crippen LogP) is 2.21. The van der Waals surface area contributed by atoms with Gasteiger partial charge in [0, 0.05) is 50.7 Å². The van der Waals surface area contributed by atoms with Crippen LogP contribution in [0.1, 0.15) is 50.1 Å². The van der Waals surface area contributed by atoms with Gasteiger partial charge < -0.3 is 14.5 Å². The minimum absolute atomic E-state index is 0.193. The van der Waals surface area contributed by atoms with Crippen molar-refractivity contribution in [1.82, 2.24) is 14.9 Å². The lowest BCUT2D eigenvalue weighted by Gasteiger charge is -2.36. The first kappa shape index (κ1) is 16.8. The summed E-state index contributed by atoms with van der Waals surface area (Å²) in [7, 11) is 0. The van der Waals surface area contributed by atoms with E-state index in [1.807, 2.05) is 0 Å². The summed E-state index contributed by atoms with van der Waals surface area (Å²) in [5.41, 5.74) is 1.09. The number of nitrogens with zero attached hydrogens (tertiary/aromatic N) is 4. The van der Waals surface area contributed by atoms with E-state index in [1.54, 1.807) is 6.33 Å². The minimum atomic E-state index is 0.193. The Morgan fingerprint density at radius 2 is 1.84 bits per heavy atom. The van der Waals surface area contributed by atoms with Gasteiger partial charge in [0.25, 0.3) is 0 Å². The van der Waals surface area contributed by atoms with E-state index in [0.717, 1.165) is 70.2 Å². The van der Waals surface area contributed by atoms with Gasteiger partial charge in [0.2, 0.25) is 5.91 Å². The number of ether oxygens (including phenoxy) is 1. The van der Waals surface area contributed by atoms with Gasteiger partial charge in [-0.3, -0.25) is 4.79 Å². The molecule has 4 heterocycles. The zero-order valence-corrected chi connectivity index (χ0v) is 14.9. The molecule has 3 aliphatic rings. The molecule has 6 nitrogen and oxygen atoms in total.